The van der Waals surface area contributed by atoms with E-state index in [2.05, 4.69) is 4.74 Å². The molecule has 28 heavy (non-hydrogen) atoms. The molecule has 0 amide bonds. The molecule has 2 aromatic carbocycles. The van der Waals surface area contributed by atoms with Crippen molar-refractivity contribution in [1.82, 2.24) is 4.31 Å². The molecule has 0 N–H and O–H groups in total. The number of methoxy groups -OCH3 is 2. The summed E-state index contributed by atoms with van der Waals surface area (Å²) in [5, 5.41) is 0. The van der Waals surface area contributed by atoms with Gasteiger partial charge in [-0.25, -0.2) is 12.7 Å². The topological polar surface area (TPSA) is 65.1 Å². The molecule has 0 saturated carbocycles. The second-order valence-electron chi connectivity index (χ2n) is 5.79. The highest BCUT2D eigenvalue weighted by atomic mass is 32.2. The van der Waals surface area contributed by atoms with Crippen LogP contribution in [0.5, 0.6) is 17.2 Å². The van der Waals surface area contributed by atoms with Crippen molar-refractivity contribution < 1.29 is 35.8 Å². The molecule has 0 spiro atoms. The van der Waals surface area contributed by atoms with E-state index in [1.165, 1.54) is 21.3 Å². The molecule has 0 fully saturated rings. The van der Waals surface area contributed by atoms with Crippen LogP contribution >= 0.6 is 0 Å². The van der Waals surface area contributed by atoms with E-state index in [0.717, 1.165) is 34.1 Å². The Balaban J connectivity index is 2.07. The highest BCUT2D eigenvalue weighted by molar-refractivity contribution is 7.89. The molecule has 0 aliphatic carbocycles. The Labute approximate surface area is 161 Å². The summed E-state index contributed by atoms with van der Waals surface area (Å²) in [6.45, 7) is 0.165. The molecule has 0 saturated heterocycles. The van der Waals surface area contributed by atoms with E-state index in [0.29, 0.717) is 17.9 Å². The minimum Gasteiger partial charge on any atom is -0.493 e. The smallest absolute Gasteiger partial charge is 0.493 e. The van der Waals surface area contributed by atoms with E-state index in [4.69, 9.17) is 9.47 Å². The first-order chi connectivity index (χ1) is 13.1. The number of rotatable bonds is 8. The maximum absolute atomic E-state index is 12.6. The Morgan fingerprint density at radius 2 is 1.57 bits per heavy atom. The van der Waals surface area contributed by atoms with Crippen LogP contribution in [0, 0.1) is 0 Å². The maximum atomic E-state index is 12.6. The molecule has 0 bridgehead atoms. The van der Waals surface area contributed by atoms with Crippen molar-refractivity contribution in [3.05, 3.63) is 48.0 Å². The molecule has 0 atom stereocenters. The summed E-state index contributed by atoms with van der Waals surface area (Å²) in [4.78, 5) is -0.128. The summed E-state index contributed by atoms with van der Waals surface area (Å²) < 4.78 is 77.0. The predicted molar refractivity (Wildman–Crippen MR) is 96.2 cm³/mol. The van der Waals surface area contributed by atoms with Crippen LogP contribution < -0.4 is 14.2 Å². The van der Waals surface area contributed by atoms with Gasteiger partial charge in [-0.15, -0.1) is 13.2 Å². The van der Waals surface area contributed by atoms with E-state index in [1.807, 2.05) is 0 Å². The van der Waals surface area contributed by atoms with Crippen LogP contribution in [0.25, 0.3) is 0 Å². The van der Waals surface area contributed by atoms with Crippen molar-refractivity contribution >= 4 is 10.0 Å². The van der Waals surface area contributed by atoms with Gasteiger partial charge in [-0.2, -0.15) is 0 Å². The third-order valence-corrected chi connectivity index (χ3v) is 5.80. The Bertz CT molecular complexity index is 898. The number of hydrogen-bond acceptors (Lipinski definition) is 5. The number of benzene rings is 2. The average Bonchev–Trinajstić information content (AvgIpc) is 2.64. The number of alkyl halides is 3. The van der Waals surface area contributed by atoms with Gasteiger partial charge in [0, 0.05) is 13.6 Å². The van der Waals surface area contributed by atoms with Crippen LogP contribution in [-0.4, -0.2) is 46.9 Å². The highest BCUT2D eigenvalue weighted by Gasteiger charge is 2.31. The van der Waals surface area contributed by atoms with Gasteiger partial charge in [0.05, 0.1) is 19.1 Å². The van der Waals surface area contributed by atoms with Crippen LogP contribution in [0.15, 0.2) is 47.4 Å². The van der Waals surface area contributed by atoms with Gasteiger partial charge in [0.15, 0.2) is 11.5 Å². The van der Waals surface area contributed by atoms with Gasteiger partial charge in [-0.05, 0) is 48.4 Å². The fourth-order valence-electron chi connectivity index (χ4n) is 2.44. The summed E-state index contributed by atoms with van der Waals surface area (Å²) in [5.74, 6) is 0.610. The van der Waals surface area contributed by atoms with Crippen molar-refractivity contribution in [2.24, 2.45) is 0 Å². The Hall–Kier alpha value is -2.46. The minimum absolute atomic E-state index is 0.128. The van der Waals surface area contributed by atoms with Gasteiger partial charge < -0.3 is 14.2 Å². The molecular weight excluding hydrogens is 399 g/mol. The monoisotopic (exact) mass is 419 g/mol. The summed E-state index contributed by atoms with van der Waals surface area (Å²) in [6.07, 6.45) is -4.43. The lowest BCUT2D eigenvalue weighted by Crippen LogP contribution is -2.29. The molecule has 0 aliphatic rings. The van der Waals surface area contributed by atoms with Gasteiger partial charge in [0.25, 0.3) is 0 Å². The molecule has 0 aromatic heterocycles. The van der Waals surface area contributed by atoms with Crippen LogP contribution in [-0.2, 0) is 16.4 Å². The van der Waals surface area contributed by atoms with Crippen molar-refractivity contribution in [2.75, 3.05) is 27.8 Å². The van der Waals surface area contributed by atoms with Crippen LogP contribution in [0.1, 0.15) is 5.56 Å². The first kappa shape index (κ1) is 21.8. The molecule has 154 valence electrons. The third-order valence-electron chi connectivity index (χ3n) is 3.93. The lowest BCUT2D eigenvalue weighted by atomic mass is 10.1. The Morgan fingerprint density at radius 3 is 2.11 bits per heavy atom. The van der Waals surface area contributed by atoms with Gasteiger partial charge in [0.1, 0.15) is 5.75 Å². The normalized spacial score (nSPS) is 12.1. The molecule has 10 heteroatoms. The van der Waals surface area contributed by atoms with Gasteiger partial charge >= 0.3 is 6.36 Å². The average molecular weight is 419 g/mol. The van der Waals surface area contributed by atoms with Gasteiger partial charge in [-0.1, -0.05) is 6.07 Å². The number of likely N-dealkylation sites (N-methyl/N-ethyl adjacent to an activating group) is 1. The van der Waals surface area contributed by atoms with Gasteiger partial charge in [0.2, 0.25) is 10.0 Å². The lowest BCUT2D eigenvalue weighted by molar-refractivity contribution is -0.274. The zero-order valence-corrected chi connectivity index (χ0v) is 16.3. The molecule has 0 aliphatic heterocycles. The number of nitrogens with zero attached hydrogens (tertiary/aromatic N) is 1. The lowest BCUT2D eigenvalue weighted by Gasteiger charge is -2.18. The van der Waals surface area contributed by atoms with Crippen LogP contribution in [0.4, 0.5) is 13.2 Å². The first-order valence-corrected chi connectivity index (χ1v) is 9.54. The summed E-state index contributed by atoms with van der Waals surface area (Å²) in [7, 11) is 0.563. The predicted octanol–water partition coefficient (Wildman–Crippen LogP) is 3.47. The largest absolute Gasteiger partial charge is 0.573 e. The number of halogens is 3. The molecular formula is C18H20F3NO5S. The second kappa shape index (κ2) is 8.70. The van der Waals surface area contributed by atoms with Crippen molar-refractivity contribution in [1.29, 1.82) is 0 Å². The molecule has 0 heterocycles. The molecule has 0 radical (unpaired) electrons. The van der Waals surface area contributed by atoms with Gasteiger partial charge in [-0.3, -0.25) is 0 Å². The number of hydrogen-bond donors (Lipinski definition) is 0. The number of ether oxygens (including phenoxy) is 3. The zero-order chi connectivity index (χ0) is 20.9. The summed E-state index contributed by atoms with van der Waals surface area (Å²) >= 11 is 0. The highest BCUT2D eigenvalue weighted by Crippen LogP contribution is 2.28. The van der Waals surface area contributed by atoms with Crippen molar-refractivity contribution in [2.45, 2.75) is 17.7 Å². The van der Waals surface area contributed by atoms with Crippen molar-refractivity contribution in [3.63, 3.8) is 0 Å². The van der Waals surface area contributed by atoms with Crippen molar-refractivity contribution in [3.8, 4) is 17.2 Å². The van der Waals surface area contributed by atoms with E-state index in [-0.39, 0.29) is 11.4 Å². The van der Waals surface area contributed by atoms with E-state index in [1.54, 1.807) is 18.2 Å². The van der Waals surface area contributed by atoms with E-state index in [9.17, 15) is 21.6 Å². The number of sulfonamides is 1. The quantitative estimate of drug-likeness (QED) is 0.656. The maximum Gasteiger partial charge on any atom is 0.573 e. The molecule has 0 unspecified atom stereocenters. The minimum atomic E-state index is -4.84. The first-order valence-electron chi connectivity index (χ1n) is 8.10. The van der Waals surface area contributed by atoms with E-state index < -0.39 is 22.1 Å². The summed E-state index contributed by atoms with van der Waals surface area (Å²) in [5.41, 5.74) is 0.841. The molecule has 6 nitrogen and oxygen atoms in total. The summed E-state index contributed by atoms with van der Waals surface area (Å²) in [6, 6.07) is 9.34. The zero-order valence-electron chi connectivity index (χ0n) is 15.5. The fourth-order valence-corrected chi connectivity index (χ4v) is 3.61. The third kappa shape index (κ3) is 5.52. The SMILES string of the molecule is COc1ccc(CCN(C)S(=O)(=O)c2ccc(OC(F)(F)F)cc2)cc1OC. The van der Waals surface area contributed by atoms with Crippen LogP contribution in [0.3, 0.4) is 0 Å². The standard InChI is InChI=1S/C18H20F3NO5S/c1-22(11-10-13-4-9-16(25-2)17(12-13)26-3)28(23,24)15-7-5-14(6-8-15)27-18(19,20)21/h4-9,12H,10-11H2,1-3H3. The fraction of sp³-hybridized carbons (Fsp3) is 0.333. The molecule has 2 aromatic rings. The Morgan fingerprint density at radius 1 is 0.964 bits per heavy atom. The second-order valence-corrected chi connectivity index (χ2v) is 7.83. The van der Waals surface area contributed by atoms with Crippen LogP contribution in [0.2, 0.25) is 0 Å². The van der Waals surface area contributed by atoms with E-state index >= 15 is 0 Å². The Kier molecular flexibility index (Phi) is 6.78. The molecule has 2 rings (SSSR count).